The summed E-state index contributed by atoms with van der Waals surface area (Å²) < 4.78 is 1.82. The second-order valence-corrected chi connectivity index (χ2v) is 4.42. The van der Waals surface area contributed by atoms with E-state index in [1.165, 1.54) is 0 Å². The molecule has 0 aromatic carbocycles. The number of carbonyl (C=O) groups is 1. The number of pyridine rings is 1. The van der Waals surface area contributed by atoms with E-state index >= 15 is 0 Å². The predicted molar refractivity (Wildman–Crippen MR) is 73.2 cm³/mol. The predicted octanol–water partition coefficient (Wildman–Crippen LogP) is 1.40. The molecule has 0 aliphatic rings. The van der Waals surface area contributed by atoms with Gasteiger partial charge >= 0.3 is 0 Å². The largest absolute Gasteiger partial charge is 0.396 e. The van der Waals surface area contributed by atoms with Crippen LogP contribution in [0.25, 0.3) is 5.65 Å². The monoisotopic (exact) mass is 261 g/mol. The lowest BCUT2D eigenvalue weighted by molar-refractivity contribution is 0.0944. The highest BCUT2D eigenvalue weighted by Crippen LogP contribution is 2.14. The van der Waals surface area contributed by atoms with Crippen LogP contribution in [0.15, 0.2) is 24.4 Å². The van der Waals surface area contributed by atoms with E-state index < -0.39 is 0 Å². The number of hydrogen-bond acceptors (Lipinski definition) is 3. The molecule has 2 aromatic heterocycles. The Bertz CT molecular complexity index is 563. The average Bonchev–Trinajstić information content (AvgIpc) is 2.77. The summed E-state index contributed by atoms with van der Waals surface area (Å²) in [6, 6.07) is 5.68. The number of aromatic nitrogens is 2. The van der Waals surface area contributed by atoms with Gasteiger partial charge in [0.1, 0.15) is 11.3 Å². The molecule has 2 N–H and O–H groups in total. The van der Waals surface area contributed by atoms with E-state index in [-0.39, 0.29) is 12.5 Å². The first kappa shape index (κ1) is 13.5. The summed E-state index contributed by atoms with van der Waals surface area (Å²) >= 11 is 0. The Morgan fingerprint density at radius 2 is 2.32 bits per heavy atom. The molecule has 0 bridgehead atoms. The highest BCUT2D eigenvalue weighted by molar-refractivity contribution is 5.94. The summed E-state index contributed by atoms with van der Waals surface area (Å²) in [6.07, 6.45) is 4.14. The van der Waals surface area contributed by atoms with Gasteiger partial charge < -0.3 is 10.4 Å². The van der Waals surface area contributed by atoms with Crippen LogP contribution in [0.3, 0.4) is 0 Å². The second-order valence-electron chi connectivity index (χ2n) is 4.42. The minimum Gasteiger partial charge on any atom is -0.396 e. The number of fused-ring (bicyclic) bond motifs is 1. The van der Waals surface area contributed by atoms with E-state index in [1.54, 1.807) is 0 Å². The molecule has 5 heteroatoms. The van der Waals surface area contributed by atoms with Crippen LogP contribution in [0.4, 0.5) is 0 Å². The molecule has 2 rings (SSSR count). The molecular formula is C14H19N3O2. The fourth-order valence-electron chi connectivity index (χ4n) is 2.06. The van der Waals surface area contributed by atoms with Crippen molar-refractivity contribution in [3.63, 3.8) is 0 Å². The van der Waals surface area contributed by atoms with Crippen molar-refractivity contribution in [3.05, 3.63) is 35.8 Å². The topological polar surface area (TPSA) is 66.6 Å². The van der Waals surface area contributed by atoms with E-state index in [9.17, 15) is 4.79 Å². The Morgan fingerprint density at radius 1 is 1.47 bits per heavy atom. The van der Waals surface area contributed by atoms with Crippen molar-refractivity contribution in [2.24, 2.45) is 0 Å². The number of amides is 1. The van der Waals surface area contributed by atoms with Crippen LogP contribution in [0.2, 0.25) is 0 Å². The molecule has 2 aromatic rings. The van der Waals surface area contributed by atoms with Gasteiger partial charge in [-0.1, -0.05) is 19.4 Å². The highest BCUT2D eigenvalue weighted by Gasteiger charge is 2.17. The zero-order valence-corrected chi connectivity index (χ0v) is 11.1. The molecule has 19 heavy (non-hydrogen) atoms. The number of aryl methyl sites for hydroxylation is 1. The number of aliphatic hydroxyl groups excluding tert-OH is 1. The smallest absolute Gasteiger partial charge is 0.270 e. The number of nitrogens with zero attached hydrogens (tertiary/aromatic N) is 2. The lowest BCUT2D eigenvalue weighted by Crippen LogP contribution is -2.27. The summed E-state index contributed by atoms with van der Waals surface area (Å²) in [5, 5.41) is 11.6. The quantitative estimate of drug-likeness (QED) is 0.772. The Hall–Kier alpha value is -1.88. The molecule has 5 nitrogen and oxygen atoms in total. The fraction of sp³-hybridized carbons (Fsp3) is 0.429. The molecule has 0 aliphatic heterocycles. The third-order valence-corrected chi connectivity index (χ3v) is 2.92. The third kappa shape index (κ3) is 2.93. The summed E-state index contributed by atoms with van der Waals surface area (Å²) in [5.41, 5.74) is 2.23. The van der Waals surface area contributed by atoms with Gasteiger partial charge in [-0.15, -0.1) is 0 Å². The van der Waals surface area contributed by atoms with Crippen LogP contribution in [-0.4, -0.2) is 33.6 Å². The summed E-state index contributed by atoms with van der Waals surface area (Å²) in [5.74, 6) is -0.129. The van der Waals surface area contributed by atoms with Gasteiger partial charge in [-0.05, 0) is 25.0 Å². The van der Waals surface area contributed by atoms with E-state index in [1.807, 2.05) is 28.8 Å². The summed E-state index contributed by atoms with van der Waals surface area (Å²) in [6.45, 7) is 2.62. The van der Waals surface area contributed by atoms with Crippen molar-refractivity contribution < 1.29 is 9.90 Å². The van der Waals surface area contributed by atoms with Crippen LogP contribution < -0.4 is 5.32 Å². The number of hydrogen-bond donors (Lipinski definition) is 2. The first-order valence-corrected chi connectivity index (χ1v) is 6.63. The number of rotatable bonds is 6. The van der Waals surface area contributed by atoms with Gasteiger partial charge in [-0.3, -0.25) is 9.20 Å². The maximum atomic E-state index is 12.2. The molecule has 0 saturated carbocycles. The molecule has 0 fully saturated rings. The van der Waals surface area contributed by atoms with Gasteiger partial charge in [-0.2, -0.15) is 0 Å². The van der Waals surface area contributed by atoms with E-state index in [0.29, 0.717) is 18.7 Å². The number of aliphatic hydroxyl groups is 1. The van der Waals surface area contributed by atoms with Crippen LogP contribution in [0.1, 0.15) is 35.9 Å². The molecule has 2 heterocycles. The summed E-state index contributed by atoms with van der Waals surface area (Å²) in [4.78, 5) is 16.7. The first-order chi connectivity index (χ1) is 9.27. The average molecular weight is 261 g/mol. The Morgan fingerprint density at radius 3 is 3.05 bits per heavy atom. The standard InChI is InChI=1S/C14H19N3O2/c1-2-6-11-13(14(19)15-8-5-10-18)17-9-4-3-7-12(17)16-11/h3-4,7,9,18H,2,5-6,8,10H2,1H3,(H,15,19). The summed E-state index contributed by atoms with van der Waals surface area (Å²) in [7, 11) is 0. The fourth-order valence-corrected chi connectivity index (χ4v) is 2.06. The molecular weight excluding hydrogens is 242 g/mol. The van der Waals surface area contributed by atoms with E-state index in [0.717, 1.165) is 24.2 Å². The van der Waals surface area contributed by atoms with Gasteiger partial charge in [0.2, 0.25) is 0 Å². The van der Waals surface area contributed by atoms with Crippen molar-refractivity contribution in [1.82, 2.24) is 14.7 Å². The zero-order valence-electron chi connectivity index (χ0n) is 11.1. The van der Waals surface area contributed by atoms with Gasteiger partial charge in [-0.25, -0.2) is 4.98 Å². The molecule has 0 unspecified atom stereocenters. The Balaban J connectivity index is 2.32. The van der Waals surface area contributed by atoms with Gasteiger partial charge in [0.15, 0.2) is 0 Å². The number of nitrogens with one attached hydrogen (secondary N) is 1. The SMILES string of the molecule is CCCc1nc2ccccn2c1C(=O)NCCCO. The lowest BCUT2D eigenvalue weighted by atomic mass is 10.2. The Kier molecular flexibility index (Phi) is 4.52. The first-order valence-electron chi connectivity index (χ1n) is 6.63. The van der Waals surface area contributed by atoms with Crippen molar-refractivity contribution >= 4 is 11.6 Å². The minimum atomic E-state index is -0.129. The second kappa shape index (κ2) is 6.33. The molecule has 0 atom stereocenters. The van der Waals surface area contributed by atoms with Crippen molar-refractivity contribution in [2.75, 3.05) is 13.2 Å². The number of carbonyl (C=O) groups excluding carboxylic acids is 1. The van der Waals surface area contributed by atoms with Crippen molar-refractivity contribution in [3.8, 4) is 0 Å². The third-order valence-electron chi connectivity index (χ3n) is 2.92. The van der Waals surface area contributed by atoms with Crippen LogP contribution >= 0.6 is 0 Å². The van der Waals surface area contributed by atoms with Gasteiger partial charge in [0.25, 0.3) is 5.91 Å². The Labute approximate surface area is 112 Å². The maximum absolute atomic E-state index is 12.2. The molecule has 0 radical (unpaired) electrons. The zero-order chi connectivity index (χ0) is 13.7. The molecule has 0 saturated heterocycles. The van der Waals surface area contributed by atoms with Gasteiger partial charge in [0, 0.05) is 19.3 Å². The van der Waals surface area contributed by atoms with Gasteiger partial charge in [0.05, 0.1) is 5.69 Å². The number of imidazole rings is 1. The molecule has 0 aliphatic carbocycles. The van der Waals surface area contributed by atoms with E-state index in [4.69, 9.17) is 5.11 Å². The molecule has 102 valence electrons. The normalized spacial score (nSPS) is 10.8. The highest BCUT2D eigenvalue weighted by atomic mass is 16.3. The molecule has 1 amide bonds. The van der Waals surface area contributed by atoms with Crippen LogP contribution in [-0.2, 0) is 6.42 Å². The minimum absolute atomic E-state index is 0.0786. The van der Waals surface area contributed by atoms with Crippen molar-refractivity contribution in [1.29, 1.82) is 0 Å². The molecule has 0 spiro atoms. The maximum Gasteiger partial charge on any atom is 0.270 e. The lowest BCUT2D eigenvalue weighted by Gasteiger charge is -2.06. The van der Waals surface area contributed by atoms with E-state index in [2.05, 4.69) is 17.2 Å². The van der Waals surface area contributed by atoms with Crippen LogP contribution in [0.5, 0.6) is 0 Å². The van der Waals surface area contributed by atoms with Crippen LogP contribution in [0, 0.1) is 0 Å². The van der Waals surface area contributed by atoms with Crippen molar-refractivity contribution in [2.45, 2.75) is 26.2 Å².